The van der Waals surface area contributed by atoms with E-state index in [1.54, 1.807) is 11.0 Å². The molecule has 0 radical (unpaired) electrons. The Hall–Kier alpha value is -2.70. The molecule has 0 bridgehead atoms. The largest absolute Gasteiger partial charge is 0.426 e. The summed E-state index contributed by atoms with van der Waals surface area (Å²) >= 11 is 0. The summed E-state index contributed by atoms with van der Waals surface area (Å²) in [6.45, 7) is 9.25. The summed E-state index contributed by atoms with van der Waals surface area (Å²) in [6.07, 6.45) is 3.16. The minimum absolute atomic E-state index is 0.0408. The van der Waals surface area contributed by atoms with Crippen molar-refractivity contribution in [3.8, 4) is 5.75 Å². The fraction of sp³-hybridized carbons (Fsp3) is 0.500. The van der Waals surface area contributed by atoms with Crippen LogP contribution in [0.5, 0.6) is 5.75 Å². The van der Waals surface area contributed by atoms with Gasteiger partial charge in [0.2, 0.25) is 5.91 Å². The molecule has 0 unspecified atom stereocenters. The molecule has 1 N–H and O–H groups in total. The highest BCUT2D eigenvalue weighted by Gasteiger charge is 2.18. The number of carbonyl (C=O) groups excluding carboxylic acids is 2. The fourth-order valence-electron chi connectivity index (χ4n) is 2.73. The van der Waals surface area contributed by atoms with Crippen LogP contribution in [0.2, 0.25) is 0 Å². The molecule has 0 aliphatic rings. The molecule has 2 aromatic rings. The van der Waals surface area contributed by atoms with E-state index in [-0.39, 0.29) is 30.6 Å². The zero-order valence-corrected chi connectivity index (χ0v) is 16.4. The van der Waals surface area contributed by atoms with Crippen LogP contribution in [-0.4, -0.2) is 33.2 Å². The maximum atomic E-state index is 12.3. The number of hydrogen-bond acceptors (Lipinski definition) is 5. The van der Waals surface area contributed by atoms with Crippen LogP contribution in [0, 0.1) is 0 Å². The number of para-hydroxylation sites is 1. The monoisotopic (exact) mass is 372 g/mol. The highest BCUT2D eigenvalue weighted by atomic mass is 16.5. The number of hydrogen-bond donors (Lipinski definition) is 1. The molecule has 1 heterocycles. The van der Waals surface area contributed by atoms with Gasteiger partial charge in [0.05, 0.1) is 13.0 Å². The van der Waals surface area contributed by atoms with E-state index in [0.29, 0.717) is 18.8 Å². The standard InChI is InChI=1S/C20H28N4O3/c1-14(2)16-6-5-7-17(15(3)4)20(16)27-19(26)9-8-18(25)22-10-11-24-13-21-12-23-24/h5-7,12-15H,8-11H2,1-4H3,(H,22,25). The maximum Gasteiger partial charge on any atom is 0.311 e. The first kappa shape index (κ1) is 20.6. The second-order valence-electron chi connectivity index (χ2n) is 7.06. The summed E-state index contributed by atoms with van der Waals surface area (Å²) < 4.78 is 7.30. The minimum Gasteiger partial charge on any atom is -0.426 e. The van der Waals surface area contributed by atoms with Crippen LogP contribution >= 0.6 is 0 Å². The van der Waals surface area contributed by atoms with Crippen molar-refractivity contribution in [3.63, 3.8) is 0 Å². The first-order valence-electron chi connectivity index (χ1n) is 9.31. The summed E-state index contributed by atoms with van der Waals surface area (Å²) in [5.41, 5.74) is 2.01. The van der Waals surface area contributed by atoms with Gasteiger partial charge in [-0.25, -0.2) is 4.98 Å². The van der Waals surface area contributed by atoms with Crippen molar-refractivity contribution in [1.82, 2.24) is 20.1 Å². The third-order valence-electron chi connectivity index (χ3n) is 4.22. The molecule has 0 spiro atoms. The zero-order valence-electron chi connectivity index (χ0n) is 16.4. The molecule has 7 nitrogen and oxygen atoms in total. The Morgan fingerprint density at radius 1 is 1.11 bits per heavy atom. The van der Waals surface area contributed by atoms with Gasteiger partial charge in [-0.2, -0.15) is 5.10 Å². The van der Waals surface area contributed by atoms with Crippen LogP contribution in [0.15, 0.2) is 30.9 Å². The second-order valence-corrected chi connectivity index (χ2v) is 7.06. The van der Waals surface area contributed by atoms with E-state index in [4.69, 9.17) is 4.74 Å². The van der Waals surface area contributed by atoms with Crippen LogP contribution in [0.1, 0.15) is 63.5 Å². The Balaban J connectivity index is 1.87. The third-order valence-corrected chi connectivity index (χ3v) is 4.22. The van der Waals surface area contributed by atoms with Gasteiger partial charge in [0, 0.05) is 13.0 Å². The SMILES string of the molecule is CC(C)c1cccc(C(C)C)c1OC(=O)CCC(=O)NCCn1cncn1. The molecule has 1 aromatic carbocycles. The molecule has 7 heteroatoms. The van der Waals surface area contributed by atoms with Crippen molar-refractivity contribution in [2.45, 2.75) is 58.9 Å². The van der Waals surface area contributed by atoms with E-state index in [1.807, 2.05) is 18.2 Å². The van der Waals surface area contributed by atoms with E-state index in [9.17, 15) is 9.59 Å². The van der Waals surface area contributed by atoms with Gasteiger partial charge in [0.25, 0.3) is 0 Å². The third kappa shape index (κ3) is 6.20. The van der Waals surface area contributed by atoms with Crippen LogP contribution in [-0.2, 0) is 16.1 Å². The number of ether oxygens (including phenoxy) is 1. The van der Waals surface area contributed by atoms with Crippen LogP contribution < -0.4 is 10.1 Å². The molecule has 0 fully saturated rings. The number of aromatic nitrogens is 3. The van der Waals surface area contributed by atoms with E-state index >= 15 is 0 Å². The topological polar surface area (TPSA) is 86.1 Å². The van der Waals surface area contributed by atoms with Gasteiger partial charge in [0.15, 0.2) is 0 Å². The zero-order chi connectivity index (χ0) is 19.8. The average molecular weight is 372 g/mol. The summed E-state index contributed by atoms with van der Waals surface area (Å²) in [5, 5.41) is 6.72. The van der Waals surface area contributed by atoms with Gasteiger partial charge in [-0.15, -0.1) is 0 Å². The molecule has 0 saturated heterocycles. The highest BCUT2D eigenvalue weighted by molar-refractivity contribution is 5.82. The van der Waals surface area contributed by atoms with Gasteiger partial charge in [-0.3, -0.25) is 14.3 Å². The average Bonchev–Trinajstić information content (AvgIpc) is 3.13. The number of benzene rings is 1. The normalized spacial score (nSPS) is 11.0. The van der Waals surface area contributed by atoms with Crippen molar-refractivity contribution >= 4 is 11.9 Å². The predicted octanol–water partition coefficient (Wildman–Crippen LogP) is 3.03. The van der Waals surface area contributed by atoms with E-state index < -0.39 is 5.97 Å². The Bertz CT molecular complexity index is 728. The van der Waals surface area contributed by atoms with Crippen LogP contribution in [0.3, 0.4) is 0 Å². The Kier molecular flexibility index (Phi) is 7.52. The molecule has 27 heavy (non-hydrogen) atoms. The number of nitrogens with one attached hydrogen (secondary N) is 1. The molecular formula is C20H28N4O3. The lowest BCUT2D eigenvalue weighted by atomic mass is 9.94. The van der Waals surface area contributed by atoms with Crippen LogP contribution in [0.4, 0.5) is 0 Å². The Labute approximate surface area is 160 Å². The summed E-state index contributed by atoms with van der Waals surface area (Å²) in [6, 6.07) is 5.95. The Morgan fingerprint density at radius 2 is 1.78 bits per heavy atom. The minimum atomic E-state index is -0.392. The lowest BCUT2D eigenvalue weighted by Gasteiger charge is -2.18. The van der Waals surface area contributed by atoms with Crippen molar-refractivity contribution < 1.29 is 14.3 Å². The second kappa shape index (κ2) is 9.85. The molecule has 0 atom stereocenters. The molecule has 1 amide bonds. The number of rotatable bonds is 9. The van der Waals surface area contributed by atoms with Crippen molar-refractivity contribution in [2.75, 3.05) is 6.54 Å². The van der Waals surface area contributed by atoms with Crippen LogP contribution in [0.25, 0.3) is 0 Å². The number of nitrogens with zero attached hydrogens (tertiary/aromatic N) is 3. The number of carbonyl (C=O) groups is 2. The van der Waals surface area contributed by atoms with E-state index in [2.05, 4.69) is 43.1 Å². The smallest absolute Gasteiger partial charge is 0.311 e. The van der Waals surface area contributed by atoms with E-state index in [0.717, 1.165) is 11.1 Å². The number of amides is 1. The van der Waals surface area contributed by atoms with Gasteiger partial charge in [-0.05, 0) is 23.0 Å². The summed E-state index contributed by atoms with van der Waals surface area (Å²) in [5.74, 6) is 0.543. The molecular weight excluding hydrogens is 344 g/mol. The molecule has 146 valence electrons. The van der Waals surface area contributed by atoms with Crippen molar-refractivity contribution in [3.05, 3.63) is 42.0 Å². The maximum absolute atomic E-state index is 12.3. The summed E-state index contributed by atoms with van der Waals surface area (Å²) in [7, 11) is 0. The lowest BCUT2D eigenvalue weighted by Crippen LogP contribution is -2.28. The van der Waals surface area contributed by atoms with Gasteiger partial charge < -0.3 is 10.1 Å². The highest BCUT2D eigenvalue weighted by Crippen LogP contribution is 2.34. The molecule has 0 aliphatic carbocycles. The molecule has 1 aromatic heterocycles. The Morgan fingerprint density at radius 3 is 2.33 bits per heavy atom. The first-order chi connectivity index (χ1) is 12.9. The first-order valence-corrected chi connectivity index (χ1v) is 9.31. The predicted molar refractivity (Wildman–Crippen MR) is 103 cm³/mol. The molecule has 0 saturated carbocycles. The molecule has 2 rings (SSSR count). The van der Waals surface area contributed by atoms with E-state index in [1.165, 1.54) is 6.33 Å². The van der Waals surface area contributed by atoms with Gasteiger partial charge in [0.1, 0.15) is 18.4 Å². The van der Waals surface area contributed by atoms with Gasteiger partial charge >= 0.3 is 5.97 Å². The quantitative estimate of drug-likeness (QED) is 0.540. The number of esters is 1. The fourth-order valence-corrected chi connectivity index (χ4v) is 2.73. The summed E-state index contributed by atoms with van der Waals surface area (Å²) in [4.78, 5) is 28.1. The van der Waals surface area contributed by atoms with Crippen molar-refractivity contribution in [2.24, 2.45) is 0 Å². The van der Waals surface area contributed by atoms with Gasteiger partial charge in [-0.1, -0.05) is 45.9 Å². The molecule has 0 aliphatic heterocycles. The van der Waals surface area contributed by atoms with Crippen molar-refractivity contribution in [1.29, 1.82) is 0 Å². The lowest BCUT2D eigenvalue weighted by molar-refractivity contribution is -0.136.